The molecule has 0 aliphatic heterocycles. The minimum Gasteiger partial charge on any atom is -0.299 e. The first-order chi connectivity index (χ1) is 13.6. The molecule has 0 bridgehead atoms. The summed E-state index contributed by atoms with van der Waals surface area (Å²) in [4.78, 5) is 12.8. The van der Waals surface area contributed by atoms with Gasteiger partial charge in [0.25, 0.3) is 0 Å². The molecule has 1 atom stereocenters. The third-order valence-electron chi connectivity index (χ3n) is 4.23. The van der Waals surface area contributed by atoms with Gasteiger partial charge in [0.1, 0.15) is 11.0 Å². The van der Waals surface area contributed by atoms with E-state index in [0.29, 0.717) is 15.8 Å². The second-order valence-electron chi connectivity index (χ2n) is 6.85. The first-order valence-electron chi connectivity index (χ1n) is 8.92. The van der Waals surface area contributed by atoms with Gasteiger partial charge in [0.2, 0.25) is 21.1 Å². The van der Waals surface area contributed by atoms with E-state index in [1.54, 1.807) is 19.1 Å². The van der Waals surface area contributed by atoms with Gasteiger partial charge < -0.3 is 0 Å². The van der Waals surface area contributed by atoms with Gasteiger partial charge in [-0.2, -0.15) is 0 Å². The summed E-state index contributed by atoms with van der Waals surface area (Å²) in [6.45, 7) is 5.31. The molecule has 3 aromatic rings. The lowest BCUT2D eigenvalue weighted by Gasteiger charge is -2.28. The molecule has 7 nitrogen and oxygen atoms in total. The summed E-state index contributed by atoms with van der Waals surface area (Å²) < 4.78 is 26.1. The molecule has 0 fully saturated rings. The van der Waals surface area contributed by atoms with Crippen LogP contribution in [0.1, 0.15) is 18.1 Å². The van der Waals surface area contributed by atoms with Crippen LogP contribution >= 0.6 is 11.3 Å². The van der Waals surface area contributed by atoms with E-state index in [1.165, 1.54) is 11.3 Å². The molecule has 3 rings (SSSR count). The van der Waals surface area contributed by atoms with E-state index in [-0.39, 0.29) is 0 Å². The Morgan fingerprint density at radius 3 is 2.28 bits per heavy atom. The van der Waals surface area contributed by atoms with Crippen LogP contribution in [0.5, 0.6) is 0 Å². The van der Waals surface area contributed by atoms with Crippen molar-refractivity contribution >= 4 is 38.1 Å². The number of carbonyl (C=O) groups is 1. The molecule has 0 unspecified atom stereocenters. The van der Waals surface area contributed by atoms with Crippen molar-refractivity contribution in [3.8, 4) is 10.6 Å². The number of benzene rings is 2. The zero-order valence-corrected chi connectivity index (χ0v) is 18.2. The minimum absolute atomic E-state index is 0.314. The third kappa shape index (κ3) is 4.99. The van der Waals surface area contributed by atoms with Crippen molar-refractivity contribution in [3.05, 3.63) is 59.7 Å². The Kier molecular flexibility index (Phi) is 5.99. The molecule has 0 saturated carbocycles. The predicted octanol–water partition coefficient (Wildman–Crippen LogP) is 3.62. The Hall–Kier alpha value is -2.78. The molecule has 1 amide bonds. The monoisotopic (exact) mass is 430 g/mol. The maximum Gasteiger partial charge on any atom is 0.249 e. The Balaban J connectivity index is 1.84. The fraction of sp³-hybridized carbons (Fsp3) is 0.250. The van der Waals surface area contributed by atoms with Crippen molar-refractivity contribution in [3.63, 3.8) is 0 Å². The van der Waals surface area contributed by atoms with Crippen LogP contribution in [-0.4, -0.2) is 36.8 Å². The van der Waals surface area contributed by atoms with Crippen molar-refractivity contribution in [2.24, 2.45) is 0 Å². The number of amides is 1. The molecule has 0 saturated heterocycles. The molecule has 152 valence electrons. The molecule has 0 aliphatic rings. The molecule has 0 radical (unpaired) electrons. The van der Waals surface area contributed by atoms with E-state index in [0.717, 1.165) is 27.3 Å². The zero-order valence-electron chi connectivity index (χ0n) is 16.6. The number of nitrogens with zero attached hydrogens (tertiary/aromatic N) is 3. The fourth-order valence-corrected chi connectivity index (χ4v) is 4.98. The van der Waals surface area contributed by atoms with E-state index < -0.39 is 22.0 Å². The highest BCUT2D eigenvalue weighted by Crippen LogP contribution is 2.27. The highest BCUT2D eigenvalue weighted by molar-refractivity contribution is 7.92. The standard InChI is InChI=1S/C20H22N4O3S2/c1-13-10-14(2)12-17(11-13)24(29(4,26)27)15(3)18(25)21-20-23-22-19(28-20)16-8-6-5-7-9-16/h5-12,15H,1-4H3,(H,21,23,25)/t15-/m0/s1. The van der Waals surface area contributed by atoms with Gasteiger partial charge in [-0.15, -0.1) is 10.2 Å². The number of rotatable bonds is 6. The number of aromatic nitrogens is 2. The number of sulfonamides is 1. The van der Waals surface area contributed by atoms with Crippen LogP contribution in [0, 0.1) is 13.8 Å². The Morgan fingerprint density at radius 1 is 1.07 bits per heavy atom. The summed E-state index contributed by atoms with van der Waals surface area (Å²) in [5, 5.41) is 11.8. The predicted molar refractivity (Wildman–Crippen MR) is 117 cm³/mol. The maximum atomic E-state index is 12.8. The maximum absolute atomic E-state index is 12.8. The first kappa shape index (κ1) is 20.9. The zero-order chi connectivity index (χ0) is 21.2. The second-order valence-corrected chi connectivity index (χ2v) is 9.69. The molecule has 1 N–H and O–H groups in total. The van der Waals surface area contributed by atoms with Crippen molar-refractivity contribution in [1.29, 1.82) is 0 Å². The average molecular weight is 431 g/mol. The summed E-state index contributed by atoms with van der Waals surface area (Å²) >= 11 is 1.23. The number of hydrogen-bond donors (Lipinski definition) is 1. The van der Waals surface area contributed by atoms with Gasteiger partial charge in [-0.1, -0.05) is 47.7 Å². The lowest BCUT2D eigenvalue weighted by molar-refractivity contribution is -0.116. The summed E-state index contributed by atoms with van der Waals surface area (Å²) in [7, 11) is -3.69. The van der Waals surface area contributed by atoms with Crippen LogP contribution < -0.4 is 9.62 Å². The first-order valence-corrected chi connectivity index (χ1v) is 11.6. The highest BCUT2D eigenvalue weighted by Gasteiger charge is 2.30. The van der Waals surface area contributed by atoms with E-state index in [9.17, 15) is 13.2 Å². The van der Waals surface area contributed by atoms with Gasteiger partial charge >= 0.3 is 0 Å². The van der Waals surface area contributed by atoms with Crippen LogP contribution in [0.4, 0.5) is 10.8 Å². The van der Waals surface area contributed by atoms with Crippen LogP contribution in [0.25, 0.3) is 10.6 Å². The van der Waals surface area contributed by atoms with Crippen molar-refractivity contribution in [1.82, 2.24) is 10.2 Å². The van der Waals surface area contributed by atoms with Crippen LogP contribution in [0.3, 0.4) is 0 Å². The van der Waals surface area contributed by atoms with Gasteiger partial charge in [-0.05, 0) is 44.0 Å². The van der Waals surface area contributed by atoms with E-state index in [2.05, 4.69) is 15.5 Å². The summed E-state index contributed by atoms with van der Waals surface area (Å²) in [6, 6.07) is 14.0. The summed E-state index contributed by atoms with van der Waals surface area (Å²) in [5.74, 6) is -0.481. The third-order valence-corrected chi connectivity index (χ3v) is 6.35. The number of nitrogens with one attached hydrogen (secondary N) is 1. The van der Waals surface area contributed by atoms with Gasteiger partial charge in [0.05, 0.1) is 11.9 Å². The normalized spacial score (nSPS) is 12.4. The Bertz CT molecular complexity index is 1110. The molecule has 0 spiro atoms. The van der Waals surface area contributed by atoms with Crippen molar-refractivity contribution in [2.75, 3.05) is 15.9 Å². The number of anilines is 2. The van der Waals surface area contributed by atoms with Gasteiger partial charge in [-0.3, -0.25) is 14.4 Å². The Morgan fingerprint density at radius 2 is 1.69 bits per heavy atom. The average Bonchev–Trinajstić information content (AvgIpc) is 3.09. The molecular formula is C20H22N4O3S2. The quantitative estimate of drug-likeness (QED) is 0.645. The fourth-order valence-electron chi connectivity index (χ4n) is 3.07. The van der Waals surface area contributed by atoms with Crippen LogP contribution in [0.15, 0.2) is 48.5 Å². The van der Waals surface area contributed by atoms with Crippen LogP contribution in [-0.2, 0) is 14.8 Å². The molecule has 1 aromatic heterocycles. The lowest BCUT2D eigenvalue weighted by atomic mass is 10.1. The lowest BCUT2D eigenvalue weighted by Crippen LogP contribution is -2.45. The number of hydrogen-bond acceptors (Lipinski definition) is 6. The number of aryl methyl sites for hydroxylation is 2. The molecular weight excluding hydrogens is 408 g/mol. The van der Waals surface area contributed by atoms with Gasteiger partial charge in [0, 0.05) is 5.56 Å². The van der Waals surface area contributed by atoms with Crippen molar-refractivity contribution < 1.29 is 13.2 Å². The molecule has 1 heterocycles. The SMILES string of the molecule is Cc1cc(C)cc(N([C@@H](C)C(=O)Nc2nnc(-c3ccccc3)s2)S(C)(=O)=O)c1. The smallest absolute Gasteiger partial charge is 0.249 e. The largest absolute Gasteiger partial charge is 0.299 e. The van der Waals surface area contributed by atoms with Crippen molar-refractivity contribution in [2.45, 2.75) is 26.8 Å². The second kappa shape index (κ2) is 8.30. The molecule has 9 heteroatoms. The van der Waals surface area contributed by atoms with E-state index in [1.807, 2.05) is 50.2 Å². The molecule has 0 aliphatic carbocycles. The summed E-state index contributed by atoms with van der Waals surface area (Å²) in [6.07, 6.45) is 1.09. The highest BCUT2D eigenvalue weighted by atomic mass is 32.2. The summed E-state index contributed by atoms with van der Waals surface area (Å²) in [5.41, 5.74) is 3.18. The Labute approximate surface area is 174 Å². The van der Waals surface area contributed by atoms with Gasteiger partial charge in [-0.25, -0.2) is 8.42 Å². The van der Waals surface area contributed by atoms with Crippen LogP contribution in [0.2, 0.25) is 0 Å². The molecule has 2 aromatic carbocycles. The number of carbonyl (C=O) groups excluding carboxylic acids is 1. The van der Waals surface area contributed by atoms with E-state index >= 15 is 0 Å². The minimum atomic E-state index is -3.69. The molecule has 29 heavy (non-hydrogen) atoms. The topological polar surface area (TPSA) is 92.3 Å². The van der Waals surface area contributed by atoms with Gasteiger partial charge in [0.15, 0.2) is 0 Å². The van der Waals surface area contributed by atoms with E-state index in [4.69, 9.17) is 0 Å².